The Bertz CT molecular complexity index is 639. The number of amides is 1. The lowest BCUT2D eigenvalue weighted by Gasteiger charge is -2.17. The van der Waals surface area contributed by atoms with Crippen LogP contribution in [0, 0.1) is 0 Å². The van der Waals surface area contributed by atoms with Crippen LogP contribution in [0.5, 0.6) is 0 Å². The minimum atomic E-state index is -0.342. The first-order valence-electron chi connectivity index (χ1n) is 6.01. The quantitative estimate of drug-likeness (QED) is 0.812. The predicted octanol–water partition coefficient (Wildman–Crippen LogP) is 3.11. The van der Waals surface area contributed by atoms with E-state index in [4.69, 9.17) is 11.6 Å². The second kappa shape index (κ2) is 5.68. The zero-order valence-corrected chi connectivity index (χ0v) is 12.0. The van der Waals surface area contributed by atoms with Crippen LogP contribution in [0.4, 0.5) is 10.5 Å². The Hall–Kier alpha value is -1.79. The minimum Gasteiger partial charge on any atom is -0.320 e. The summed E-state index contributed by atoms with van der Waals surface area (Å²) in [6, 6.07) is 7.16. The van der Waals surface area contributed by atoms with Gasteiger partial charge in [-0.1, -0.05) is 23.4 Å². The highest BCUT2D eigenvalue weighted by molar-refractivity contribution is 8.14. The Morgan fingerprint density at radius 1 is 1.35 bits per heavy atom. The van der Waals surface area contributed by atoms with Crippen molar-refractivity contribution < 1.29 is 4.79 Å². The van der Waals surface area contributed by atoms with Crippen molar-refractivity contribution in [1.29, 1.82) is 0 Å². The molecule has 2 aromatic rings. The number of carbonyl (C=O) groups excluding carboxylic acids is 1. The Morgan fingerprint density at radius 3 is 2.85 bits per heavy atom. The molecule has 0 spiro atoms. The lowest BCUT2D eigenvalue weighted by atomic mass is 10.3. The molecule has 5 nitrogen and oxygen atoms in total. The minimum absolute atomic E-state index is 0.342. The van der Waals surface area contributed by atoms with E-state index >= 15 is 0 Å². The van der Waals surface area contributed by atoms with Crippen LogP contribution in [0.2, 0.25) is 5.02 Å². The molecule has 0 bridgehead atoms. The van der Waals surface area contributed by atoms with E-state index in [9.17, 15) is 4.79 Å². The lowest BCUT2D eigenvalue weighted by Crippen LogP contribution is -2.25. The summed E-state index contributed by atoms with van der Waals surface area (Å²) < 4.78 is 1.35. The molecule has 1 saturated heterocycles. The van der Waals surface area contributed by atoms with E-state index < -0.39 is 0 Å². The predicted molar refractivity (Wildman–Crippen MR) is 81.7 cm³/mol. The molecule has 1 aliphatic heterocycles. The molecule has 1 amide bonds. The maximum atomic E-state index is 12.0. The van der Waals surface area contributed by atoms with Gasteiger partial charge in [0.2, 0.25) is 0 Å². The monoisotopic (exact) mass is 306 g/mol. The summed E-state index contributed by atoms with van der Waals surface area (Å²) in [6.45, 7) is 0.822. The molecule has 2 heterocycles. The third-order valence-electron chi connectivity index (χ3n) is 2.83. The molecule has 0 radical (unpaired) electrons. The van der Waals surface area contributed by atoms with Gasteiger partial charge >= 0.3 is 6.03 Å². The van der Waals surface area contributed by atoms with Gasteiger partial charge in [0.25, 0.3) is 0 Å². The van der Waals surface area contributed by atoms with Crippen molar-refractivity contribution in [3.05, 3.63) is 48.0 Å². The summed E-state index contributed by atoms with van der Waals surface area (Å²) in [5, 5.41) is 1.39. The summed E-state index contributed by atoms with van der Waals surface area (Å²) in [5.74, 6) is 0.901. The fourth-order valence-electron chi connectivity index (χ4n) is 1.87. The second-order valence-corrected chi connectivity index (χ2v) is 5.62. The maximum Gasteiger partial charge on any atom is 0.355 e. The molecule has 0 atom stereocenters. The molecular weight excluding hydrogens is 296 g/mol. The highest BCUT2D eigenvalue weighted by Crippen LogP contribution is 2.26. The first-order valence-corrected chi connectivity index (χ1v) is 7.37. The van der Waals surface area contributed by atoms with Crippen LogP contribution < -0.4 is 4.90 Å². The van der Waals surface area contributed by atoms with E-state index in [0.29, 0.717) is 10.2 Å². The highest BCUT2D eigenvalue weighted by Gasteiger charge is 2.22. The number of imidazole rings is 1. The van der Waals surface area contributed by atoms with Gasteiger partial charge in [-0.2, -0.15) is 4.99 Å². The molecule has 0 aliphatic carbocycles. The van der Waals surface area contributed by atoms with Gasteiger partial charge in [-0.3, -0.25) is 4.57 Å². The lowest BCUT2D eigenvalue weighted by molar-refractivity contribution is 0.250. The molecule has 0 N–H and O–H groups in total. The van der Waals surface area contributed by atoms with Crippen LogP contribution in [-0.2, 0) is 0 Å². The van der Waals surface area contributed by atoms with Gasteiger partial charge in [-0.15, -0.1) is 0 Å². The Balaban J connectivity index is 1.85. The summed E-state index contributed by atoms with van der Waals surface area (Å²) in [6.07, 6.45) is 4.58. The van der Waals surface area contributed by atoms with Crippen molar-refractivity contribution in [3.8, 4) is 0 Å². The molecular formula is C13H11ClN4OS. The number of anilines is 1. The molecule has 102 valence electrons. The van der Waals surface area contributed by atoms with Gasteiger partial charge in [0.1, 0.15) is 6.33 Å². The summed E-state index contributed by atoms with van der Waals surface area (Å²) in [7, 11) is 0. The number of aromatic nitrogens is 2. The number of carbonyl (C=O) groups is 1. The van der Waals surface area contributed by atoms with E-state index in [0.717, 1.165) is 18.0 Å². The SMILES string of the molecule is O=C(/N=C1\SCCN1c1ccc(Cl)cc1)n1ccnc1. The summed E-state index contributed by atoms with van der Waals surface area (Å²) in [4.78, 5) is 22.0. The van der Waals surface area contributed by atoms with Crippen LogP contribution in [0.3, 0.4) is 0 Å². The first kappa shape index (κ1) is 13.2. The van der Waals surface area contributed by atoms with Gasteiger partial charge in [0.05, 0.1) is 0 Å². The highest BCUT2D eigenvalue weighted by atomic mass is 35.5. The number of amidine groups is 1. The number of hydrogen-bond acceptors (Lipinski definition) is 3. The van der Waals surface area contributed by atoms with Crippen molar-refractivity contribution in [2.24, 2.45) is 4.99 Å². The smallest absolute Gasteiger partial charge is 0.320 e. The largest absolute Gasteiger partial charge is 0.355 e. The molecule has 20 heavy (non-hydrogen) atoms. The van der Waals surface area contributed by atoms with E-state index in [1.165, 1.54) is 10.9 Å². The maximum absolute atomic E-state index is 12.0. The third kappa shape index (κ3) is 2.71. The van der Waals surface area contributed by atoms with Crippen LogP contribution in [0.1, 0.15) is 0 Å². The fourth-order valence-corrected chi connectivity index (χ4v) is 2.94. The number of benzene rings is 1. The Kier molecular flexibility index (Phi) is 3.75. The summed E-state index contributed by atoms with van der Waals surface area (Å²) >= 11 is 7.45. The van der Waals surface area contributed by atoms with Gasteiger partial charge < -0.3 is 4.90 Å². The molecule has 1 fully saturated rings. The Morgan fingerprint density at radius 2 is 2.15 bits per heavy atom. The van der Waals surface area contributed by atoms with E-state index in [-0.39, 0.29) is 6.03 Å². The normalized spacial score (nSPS) is 16.9. The molecule has 1 aliphatic rings. The fraction of sp³-hybridized carbons (Fsp3) is 0.154. The van der Waals surface area contributed by atoms with Gasteiger partial charge in [0.15, 0.2) is 5.17 Å². The van der Waals surface area contributed by atoms with Crippen molar-refractivity contribution in [2.75, 3.05) is 17.2 Å². The van der Waals surface area contributed by atoms with Gasteiger partial charge in [0, 0.05) is 35.4 Å². The molecule has 0 unspecified atom stereocenters. The number of halogens is 1. The average molecular weight is 307 g/mol. The molecule has 1 aromatic carbocycles. The van der Waals surface area contributed by atoms with E-state index in [1.807, 2.05) is 29.2 Å². The van der Waals surface area contributed by atoms with Crippen LogP contribution in [-0.4, -0.2) is 33.0 Å². The van der Waals surface area contributed by atoms with Crippen molar-refractivity contribution in [1.82, 2.24) is 9.55 Å². The van der Waals surface area contributed by atoms with Crippen molar-refractivity contribution in [3.63, 3.8) is 0 Å². The summed E-state index contributed by atoms with van der Waals surface area (Å²) in [5.41, 5.74) is 0.983. The standard InChI is InChI=1S/C13H11ClN4OS/c14-10-1-3-11(4-2-10)18-7-8-20-13(18)16-12(19)17-6-5-15-9-17/h1-6,9H,7-8H2/b16-13-. The molecule has 7 heteroatoms. The van der Waals surface area contributed by atoms with Crippen molar-refractivity contribution in [2.45, 2.75) is 0 Å². The van der Waals surface area contributed by atoms with Crippen LogP contribution in [0.15, 0.2) is 48.0 Å². The zero-order chi connectivity index (χ0) is 13.9. The zero-order valence-electron chi connectivity index (χ0n) is 10.4. The number of aliphatic imine (C=N–C) groups is 1. The van der Waals surface area contributed by atoms with Gasteiger partial charge in [-0.05, 0) is 24.3 Å². The van der Waals surface area contributed by atoms with E-state index in [2.05, 4.69) is 9.98 Å². The van der Waals surface area contributed by atoms with Crippen LogP contribution in [0.25, 0.3) is 0 Å². The molecule has 0 saturated carbocycles. The van der Waals surface area contributed by atoms with Crippen molar-refractivity contribution >= 4 is 40.2 Å². The molecule has 1 aromatic heterocycles. The third-order valence-corrected chi connectivity index (χ3v) is 4.04. The second-order valence-electron chi connectivity index (χ2n) is 4.12. The molecule has 3 rings (SSSR count). The van der Waals surface area contributed by atoms with Crippen LogP contribution >= 0.6 is 23.4 Å². The first-order chi connectivity index (χ1) is 9.74. The number of hydrogen-bond donors (Lipinski definition) is 0. The number of rotatable bonds is 1. The average Bonchev–Trinajstić information content (AvgIpc) is 3.10. The Labute approximate surface area is 125 Å². The number of nitrogens with zero attached hydrogens (tertiary/aromatic N) is 4. The number of thioether (sulfide) groups is 1. The topological polar surface area (TPSA) is 50.5 Å². The van der Waals surface area contributed by atoms with Gasteiger partial charge in [-0.25, -0.2) is 9.78 Å². The van der Waals surface area contributed by atoms with E-state index in [1.54, 1.807) is 24.2 Å².